The van der Waals surface area contributed by atoms with Crippen molar-refractivity contribution in [1.29, 1.82) is 0 Å². The van der Waals surface area contributed by atoms with Gasteiger partial charge in [0.05, 0.1) is 0 Å². The van der Waals surface area contributed by atoms with Gasteiger partial charge in [-0.15, -0.1) is 0 Å². The summed E-state index contributed by atoms with van der Waals surface area (Å²) in [6.45, 7) is -4.47. The van der Waals surface area contributed by atoms with Crippen LogP contribution >= 0.6 is 0 Å². The van der Waals surface area contributed by atoms with Crippen molar-refractivity contribution < 1.29 is 27.0 Å². The lowest BCUT2D eigenvalue weighted by Gasteiger charge is -2.10. The highest BCUT2D eigenvalue weighted by Gasteiger charge is 2.10. The van der Waals surface area contributed by atoms with Crippen molar-refractivity contribution >= 4 is 0 Å². The van der Waals surface area contributed by atoms with Gasteiger partial charge in [-0.2, -0.15) is 17.6 Å². The molecule has 0 aliphatic carbocycles. The SMILES string of the molecule is Cc1ccc(OC(F)F)cc1OC(F)F. The van der Waals surface area contributed by atoms with Crippen LogP contribution in [0.3, 0.4) is 0 Å². The molecule has 0 bridgehead atoms. The Labute approximate surface area is 83.4 Å². The first-order valence-electron chi connectivity index (χ1n) is 3.99. The molecule has 0 amide bonds. The largest absolute Gasteiger partial charge is 0.435 e. The zero-order valence-corrected chi connectivity index (χ0v) is 7.72. The second-order valence-electron chi connectivity index (χ2n) is 2.68. The first-order valence-corrected chi connectivity index (χ1v) is 3.99. The van der Waals surface area contributed by atoms with Gasteiger partial charge in [0, 0.05) is 6.07 Å². The van der Waals surface area contributed by atoms with Crippen molar-refractivity contribution in [3.8, 4) is 11.5 Å². The molecule has 0 N–H and O–H groups in total. The number of rotatable bonds is 4. The number of benzene rings is 1. The lowest BCUT2D eigenvalue weighted by molar-refractivity contribution is -0.0545. The Balaban J connectivity index is 2.85. The van der Waals surface area contributed by atoms with Gasteiger partial charge < -0.3 is 9.47 Å². The van der Waals surface area contributed by atoms with Gasteiger partial charge in [-0.1, -0.05) is 6.07 Å². The molecule has 1 aromatic carbocycles. The van der Waals surface area contributed by atoms with E-state index in [-0.39, 0.29) is 11.5 Å². The molecule has 6 heteroatoms. The van der Waals surface area contributed by atoms with E-state index in [1.165, 1.54) is 19.1 Å². The molecule has 15 heavy (non-hydrogen) atoms. The summed E-state index contributed by atoms with van der Waals surface area (Å²) >= 11 is 0. The molecule has 0 saturated carbocycles. The molecule has 0 atom stereocenters. The van der Waals surface area contributed by atoms with E-state index in [2.05, 4.69) is 9.47 Å². The van der Waals surface area contributed by atoms with Crippen LogP contribution in [0, 0.1) is 6.92 Å². The van der Waals surface area contributed by atoms with E-state index in [9.17, 15) is 17.6 Å². The molecule has 0 fully saturated rings. The maximum Gasteiger partial charge on any atom is 0.387 e. The lowest BCUT2D eigenvalue weighted by atomic mass is 10.2. The lowest BCUT2D eigenvalue weighted by Crippen LogP contribution is -2.05. The highest BCUT2D eigenvalue weighted by atomic mass is 19.3. The van der Waals surface area contributed by atoms with Crippen LogP contribution in [-0.2, 0) is 0 Å². The molecule has 1 aromatic rings. The average Bonchev–Trinajstić information content (AvgIpc) is 2.09. The Morgan fingerprint density at radius 2 is 1.60 bits per heavy atom. The van der Waals surface area contributed by atoms with Crippen molar-refractivity contribution in [2.24, 2.45) is 0 Å². The zero-order valence-electron chi connectivity index (χ0n) is 7.72. The molecular formula is C9H8F4O2. The fourth-order valence-electron chi connectivity index (χ4n) is 0.980. The van der Waals surface area contributed by atoms with Gasteiger partial charge in [0.25, 0.3) is 0 Å². The van der Waals surface area contributed by atoms with Crippen molar-refractivity contribution in [3.63, 3.8) is 0 Å². The van der Waals surface area contributed by atoms with Gasteiger partial charge in [-0.3, -0.25) is 0 Å². The van der Waals surface area contributed by atoms with Crippen LogP contribution in [0.25, 0.3) is 0 Å². The Morgan fingerprint density at radius 1 is 1.00 bits per heavy atom. The van der Waals surface area contributed by atoms with Crippen molar-refractivity contribution in [2.45, 2.75) is 20.1 Å². The summed E-state index contributed by atoms with van der Waals surface area (Å²) in [5.41, 5.74) is 0.414. The quantitative estimate of drug-likeness (QED) is 0.731. The van der Waals surface area contributed by atoms with Gasteiger partial charge in [-0.05, 0) is 18.6 Å². The first-order chi connectivity index (χ1) is 6.99. The minimum Gasteiger partial charge on any atom is -0.435 e. The van der Waals surface area contributed by atoms with Crippen LogP contribution in [0.2, 0.25) is 0 Å². The third-order valence-electron chi connectivity index (χ3n) is 1.60. The van der Waals surface area contributed by atoms with Gasteiger partial charge >= 0.3 is 13.2 Å². The summed E-state index contributed by atoms with van der Waals surface area (Å²) < 4.78 is 55.5. The van der Waals surface area contributed by atoms with Gasteiger partial charge in [0.1, 0.15) is 11.5 Å². The smallest absolute Gasteiger partial charge is 0.387 e. The molecule has 0 aliphatic rings. The Morgan fingerprint density at radius 3 is 2.13 bits per heavy atom. The molecule has 0 unspecified atom stereocenters. The van der Waals surface area contributed by atoms with Crippen LogP contribution in [0.15, 0.2) is 18.2 Å². The summed E-state index contributed by atoms with van der Waals surface area (Å²) in [7, 11) is 0. The van der Waals surface area contributed by atoms with Gasteiger partial charge in [0.15, 0.2) is 0 Å². The second-order valence-corrected chi connectivity index (χ2v) is 2.68. The van der Waals surface area contributed by atoms with Crippen molar-refractivity contribution in [2.75, 3.05) is 0 Å². The van der Waals surface area contributed by atoms with E-state index in [1.807, 2.05) is 0 Å². The summed E-state index contributed by atoms with van der Waals surface area (Å²) in [5.74, 6) is -0.394. The van der Waals surface area contributed by atoms with Gasteiger partial charge in [-0.25, -0.2) is 0 Å². The third-order valence-corrected chi connectivity index (χ3v) is 1.60. The summed E-state index contributed by atoms with van der Waals surface area (Å²) in [5, 5.41) is 0. The Bertz CT molecular complexity index is 328. The van der Waals surface area contributed by atoms with E-state index in [0.717, 1.165) is 6.07 Å². The predicted molar refractivity (Wildman–Crippen MR) is 44.4 cm³/mol. The fraction of sp³-hybridized carbons (Fsp3) is 0.333. The molecule has 84 valence electrons. The molecule has 0 spiro atoms. The first kappa shape index (κ1) is 11.6. The van der Waals surface area contributed by atoms with Crippen LogP contribution in [0.5, 0.6) is 11.5 Å². The monoisotopic (exact) mass is 224 g/mol. The Kier molecular flexibility index (Phi) is 3.76. The number of ether oxygens (including phenoxy) is 2. The maximum absolute atomic E-state index is 11.9. The normalized spacial score (nSPS) is 10.9. The van der Waals surface area contributed by atoms with Crippen molar-refractivity contribution in [1.82, 2.24) is 0 Å². The molecule has 0 aliphatic heterocycles. The fourth-order valence-corrected chi connectivity index (χ4v) is 0.980. The average molecular weight is 224 g/mol. The van der Waals surface area contributed by atoms with E-state index in [1.54, 1.807) is 0 Å². The summed E-state index contributed by atoms with van der Waals surface area (Å²) in [4.78, 5) is 0. The minimum atomic E-state index is -2.99. The number of hydrogen-bond donors (Lipinski definition) is 0. The minimum absolute atomic E-state index is 0.178. The molecular weight excluding hydrogens is 216 g/mol. The predicted octanol–water partition coefficient (Wildman–Crippen LogP) is 3.20. The van der Waals surface area contributed by atoms with E-state index < -0.39 is 13.2 Å². The molecule has 0 radical (unpaired) electrons. The van der Waals surface area contributed by atoms with Crippen LogP contribution in [-0.4, -0.2) is 13.2 Å². The molecule has 0 heterocycles. The highest BCUT2D eigenvalue weighted by Crippen LogP contribution is 2.26. The molecule has 1 rings (SSSR count). The number of alkyl halides is 4. The topological polar surface area (TPSA) is 18.5 Å². The van der Waals surface area contributed by atoms with Crippen LogP contribution in [0.1, 0.15) is 5.56 Å². The third kappa shape index (κ3) is 3.65. The molecule has 0 aromatic heterocycles. The van der Waals surface area contributed by atoms with E-state index >= 15 is 0 Å². The van der Waals surface area contributed by atoms with Crippen LogP contribution in [0.4, 0.5) is 17.6 Å². The second kappa shape index (κ2) is 4.86. The zero-order chi connectivity index (χ0) is 11.4. The molecule has 2 nitrogen and oxygen atoms in total. The Hall–Kier alpha value is -1.46. The number of halogens is 4. The van der Waals surface area contributed by atoms with Crippen LogP contribution < -0.4 is 9.47 Å². The highest BCUT2D eigenvalue weighted by molar-refractivity contribution is 5.39. The van der Waals surface area contributed by atoms with Crippen molar-refractivity contribution in [3.05, 3.63) is 23.8 Å². The maximum atomic E-state index is 11.9. The summed E-state index contributed by atoms with van der Waals surface area (Å²) in [6.07, 6.45) is 0. The van der Waals surface area contributed by atoms with Gasteiger partial charge in [0.2, 0.25) is 0 Å². The van der Waals surface area contributed by atoms with E-state index in [0.29, 0.717) is 5.56 Å². The van der Waals surface area contributed by atoms with E-state index in [4.69, 9.17) is 0 Å². The number of hydrogen-bond acceptors (Lipinski definition) is 2. The summed E-state index contributed by atoms with van der Waals surface area (Å²) in [6, 6.07) is 3.60. The molecule has 0 saturated heterocycles. The number of aryl methyl sites for hydroxylation is 1. The standard InChI is InChI=1S/C9H8F4O2/c1-5-2-3-6(14-8(10)11)4-7(5)15-9(12)13/h2-4,8-9H,1H3.